The molecule has 0 fully saturated rings. The van der Waals surface area contributed by atoms with E-state index in [2.05, 4.69) is 13.8 Å². The summed E-state index contributed by atoms with van der Waals surface area (Å²) in [6.45, 7) is 5.65. The van der Waals surface area contributed by atoms with E-state index in [0.29, 0.717) is 12.8 Å². The Morgan fingerprint density at radius 3 is 1.05 bits per heavy atom. The topological polar surface area (TPSA) is 101 Å². The first kappa shape index (κ1) is 41.7. The molecule has 0 spiro atoms. The maximum absolute atomic E-state index is 12.8. The van der Waals surface area contributed by atoms with Crippen LogP contribution in [-0.4, -0.2) is 46.1 Å². The Morgan fingerprint density at radius 1 is 0.465 bits per heavy atom. The van der Waals surface area contributed by atoms with Gasteiger partial charge in [-0.25, -0.2) is 0 Å². The molecule has 0 aromatic carbocycles. The first-order valence-electron chi connectivity index (χ1n) is 18.4. The number of esters is 1. The molecule has 0 aromatic heterocycles. The maximum Gasteiger partial charge on any atom is 0.303 e. The summed E-state index contributed by atoms with van der Waals surface area (Å²) in [7, 11) is 0. The predicted molar refractivity (Wildman–Crippen MR) is 178 cm³/mol. The Hall–Kier alpha value is -1.27. The highest BCUT2D eigenvalue weighted by atomic mass is 16.6. The largest absolute Gasteiger partial charge is 0.452 e. The summed E-state index contributed by atoms with van der Waals surface area (Å²) >= 11 is 0. The minimum absolute atomic E-state index is 0.149. The summed E-state index contributed by atoms with van der Waals surface area (Å²) in [5.74, 6) is -1.64. The average molecular weight is 611 g/mol. The van der Waals surface area contributed by atoms with Crippen molar-refractivity contribution >= 4 is 17.5 Å². The number of carbonyl (C=O) groups is 3. The summed E-state index contributed by atoms with van der Waals surface area (Å²) in [6.07, 6.45) is 26.5. The Bertz CT molecular complexity index is 663. The van der Waals surface area contributed by atoms with Crippen molar-refractivity contribution in [3.63, 3.8) is 0 Å². The van der Waals surface area contributed by atoms with Crippen molar-refractivity contribution in [1.29, 1.82) is 0 Å². The minimum Gasteiger partial charge on any atom is -0.452 e. The van der Waals surface area contributed by atoms with Crippen molar-refractivity contribution in [2.24, 2.45) is 0 Å². The number of carbonyl (C=O) groups excluding carboxylic acids is 3. The monoisotopic (exact) mass is 611 g/mol. The van der Waals surface area contributed by atoms with Gasteiger partial charge in [-0.15, -0.1) is 0 Å². The van der Waals surface area contributed by atoms with E-state index < -0.39 is 35.8 Å². The zero-order valence-electron chi connectivity index (χ0n) is 28.6. The lowest BCUT2D eigenvalue weighted by molar-refractivity contribution is -0.167. The molecule has 6 nitrogen and oxygen atoms in total. The molecule has 0 saturated carbocycles. The van der Waals surface area contributed by atoms with Gasteiger partial charge < -0.3 is 14.9 Å². The molecule has 43 heavy (non-hydrogen) atoms. The van der Waals surface area contributed by atoms with E-state index in [0.717, 1.165) is 38.5 Å². The quantitative estimate of drug-likeness (QED) is 0.0566. The van der Waals surface area contributed by atoms with Gasteiger partial charge in [-0.1, -0.05) is 168 Å². The molecule has 0 aliphatic heterocycles. The number of ketones is 2. The van der Waals surface area contributed by atoms with Crippen LogP contribution in [0.1, 0.15) is 201 Å². The number of hydrogen-bond acceptors (Lipinski definition) is 6. The molecule has 3 atom stereocenters. The lowest BCUT2D eigenvalue weighted by atomic mass is 9.95. The van der Waals surface area contributed by atoms with E-state index in [1.54, 1.807) is 0 Å². The van der Waals surface area contributed by atoms with Crippen LogP contribution in [0.5, 0.6) is 0 Å². The second-order valence-corrected chi connectivity index (χ2v) is 12.9. The van der Waals surface area contributed by atoms with Gasteiger partial charge in [-0.3, -0.25) is 14.4 Å². The van der Waals surface area contributed by atoms with E-state index in [9.17, 15) is 24.6 Å². The van der Waals surface area contributed by atoms with Crippen LogP contribution in [0.25, 0.3) is 0 Å². The van der Waals surface area contributed by atoms with Gasteiger partial charge in [0, 0.05) is 19.8 Å². The molecule has 0 saturated heterocycles. The van der Waals surface area contributed by atoms with Crippen LogP contribution in [0.3, 0.4) is 0 Å². The van der Waals surface area contributed by atoms with E-state index in [4.69, 9.17) is 4.74 Å². The average Bonchev–Trinajstić information content (AvgIpc) is 2.99. The van der Waals surface area contributed by atoms with Crippen molar-refractivity contribution in [1.82, 2.24) is 0 Å². The summed E-state index contributed by atoms with van der Waals surface area (Å²) in [5, 5.41) is 21.1. The lowest BCUT2D eigenvalue weighted by Crippen LogP contribution is -2.48. The molecule has 2 N–H and O–H groups in total. The smallest absolute Gasteiger partial charge is 0.303 e. The van der Waals surface area contributed by atoms with E-state index in [1.807, 2.05) is 0 Å². The second kappa shape index (κ2) is 30.7. The number of rotatable bonds is 33. The molecule has 0 amide bonds. The molecule has 6 heteroatoms. The first-order chi connectivity index (χ1) is 20.8. The summed E-state index contributed by atoms with van der Waals surface area (Å²) in [5.41, 5.74) is 0. The number of aliphatic hydroxyl groups is 2. The molecule has 0 aromatic rings. The van der Waals surface area contributed by atoms with Crippen molar-refractivity contribution in [2.75, 3.05) is 0 Å². The lowest BCUT2D eigenvalue weighted by Gasteiger charge is -2.25. The van der Waals surface area contributed by atoms with Gasteiger partial charge in [0.1, 0.15) is 12.2 Å². The van der Waals surface area contributed by atoms with Crippen LogP contribution in [0.15, 0.2) is 0 Å². The van der Waals surface area contributed by atoms with Gasteiger partial charge in [-0.2, -0.15) is 0 Å². The predicted octanol–water partition coefficient (Wildman–Crippen LogP) is 9.74. The third kappa shape index (κ3) is 25.7. The molecule has 254 valence electrons. The van der Waals surface area contributed by atoms with Crippen LogP contribution < -0.4 is 0 Å². The number of hydrogen-bond donors (Lipinski definition) is 2. The summed E-state index contributed by atoms with van der Waals surface area (Å²) in [6, 6.07) is 0. The fourth-order valence-electron chi connectivity index (χ4n) is 5.78. The molecule has 0 radical (unpaired) electrons. The Balaban J connectivity index is 4.08. The van der Waals surface area contributed by atoms with Crippen molar-refractivity contribution in [3.05, 3.63) is 0 Å². The normalized spacial score (nSPS) is 13.5. The van der Waals surface area contributed by atoms with Gasteiger partial charge in [0.25, 0.3) is 0 Å². The van der Waals surface area contributed by atoms with Crippen LogP contribution in [0.4, 0.5) is 0 Å². The highest BCUT2D eigenvalue weighted by molar-refractivity contribution is 5.89. The van der Waals surface area contributed by atoms with Crippen molar-refractivity contribution < 1.29 is 29.3 Å². The van der Waals surface area contributed by atoms with Crippen LogP contribution in [0, 0.1) is 0 Å². The zero-order chi connectivity index (χ0) is 32.0. The third-order valence-corrected chi connectivity index (χ3v) is 8.63. The Morgan fingerprint density at radius 2 is 0.744 bits per heavy atom. The molecule has 0 rings (SSSR count). The molecular formula is C37H70O6. The highest BCUT2D eigenvalue weighted by Crippen LogP contribution is 2.17. The molecule has 0 heterocycles. The van der Waals surface area contributed by atoms with Crippen LogP contribution in [-0.2, 0) is 19.1 Å². The Labute approximate surface area is 265 Å². The number of aliphatic hydroxyl groups excluding tert-OH is 2. The standard InChI is InChI=1S/C37H70O6/c1-4-6-8-10-12-14-16-18-20-22-24-26-28-30-33(39)35(41)36(42)37(43-32(3)38)34(40)31-29-27-25-23-21-19-17-15-13-11-9-7-5-2/h35-37,41-42H,4-31H2,1-3H3. The fourth-order valence-corrected chi connectivity index (χ4v) is 5.78. The molecule has 0 bridgehead atoms. The number of unbranched alkanes of at least 4 members (excludes halogenated alkanes) is 24. The molecule has 3 unspecified atom stereocenters. The van der Waals surface area contributed by atoms with Gasteiger partial charge in [0.2, 0.25) is 0 Å². The zero-order valence-corrected chi connectivity index (χ0v) is 28.6. The van der Waals surface area contributed by atoms with Crippen LogP contribution in [0.2, 0.25) is 0 Å². The fraction of sp³-hybridized carbons (Fsp3) is 0.919. The third-order valence-electron chi connectivity index (χ3n) is 8.63. The van der Waals surface area contributed by atoms with Gasteiger partial charge in [0.15, 0.2) is 17.7 Å². The molecule has 0 aliphatic carbocycles. The molecular weight excluding hydrogens is 540 g/mol. The first-order valence-corrected chi connectivity index (χ1v) is 18.4. The highest BCUT2D eigenvalue weighted by Gasteiger charge is 2.37. The van der Waals surface area contributed by atoms with Crippen molar-refractivity contribution in [3.8, 4) is 0 Å². The SMILES string of the molecule is CCCCCCCCCCCCCCCC(=O)C(O)C(O)C(OC(C)=O)C(=O)CCCCCCCCCCCCCCC. The van der Waals surface area contributed by atoms with Crippen molar-refractivity contribution in [2.45, 2.75) is 219 Å². The van der Waals surface area contributed by atoms with Gasteiger partial charge in [-0.05, 0) is 12.8 Å². The summed E-state index contributed by atoms with van der Waals surface area (Å²) < 4.78 is 5.08. The van der Waals surface area contributed by atoms with Gasteiger partial charge >= 0.3 is 5.97 Å². The van der Waals surface area contributed by atoms with Gasteiger partial charge in [0.05, 0.1) is 0 Å². The van der Waals surface area contributed by atoms with E-state index in [-0.39, 0.29) is 12.8 Å². The molecule has 0 aliphatic rings. The number of Topliss-reactive ketones (excluding diaryl/α,β-unsaturated/α-hetero) is 2. The maximum atomic E-state index is 12.8. The second-order valence-electron chi connectivity index (χ2n) is 12.9. The minimum atomic E-state index is -1.73. The van der Waals surface area contributed by atoms with E-state index in [1.165, 1.54) is 122 Å². The van der Waals surface area contributed by atoms with E-state index >= 15 is 0 Å². The number of ether oxygens (including phenoxy) is 1. The Kier molecular flexibility index (Phi) is 29.8. The summed E-state index contributed by atoms with van der Waals surface area (Å²) in [4.78, 5) is 36.9. The van der Waals surface area contributed by atoms with Crippen LogP contribution >= 0.6 is 0 Å².